The molecular formula is C14H15ClFN3OS. The molecule has 0 bridgehead atoms. The van der Waals surface area contributed by atoms with Crippen LogP contribution in [0.3, 0.4) is 0 Å². The molecule has 112 valence electrons. The first-order valence-corrected chi connectivity index (χ1v) is 7.66. The van der Waals surface area contributed by atoms with E-state index in [9.17, 15) is 9.18 Å². The molecule has 7 heteroatoms. The molecule has 1 atom stereocenters. The summed E-state index contributed by atoms with van der Waals surface area (Å²) in [6, 6.07) is 4.59. The predicted molar refractivity (Wildman–Crippen MR) is 83.6 cm³/mol. The normalized spacial score (nSPS) is 12.0. The number of rotatable bonds is 5. The number of nitrogens with zero attached hydrogens (tertiary/aromatic N) is 1. The highest BCUT2D eigenvalue weighted by Gasteiger charge is 2.17. The summed E-state index contributed by atoms with van der Waals surface area (Å²) in [7, 11) is 0. The fraction of sp³-hybridized carbons (Fsp3) is 0.286. The maximum Gasteiger partial charge on any atom is 0.255 e. The minimum Gasteiger partial charge on any atom is -0.370 e. The lowest BCUT2D eigenvalue weighted by molar-refractivity contribution is 0.0940. The molecule has 0 saturated heterocycles. The van der Waals surface area contributed by atoms with Gasteiger partial charge < -0.3 is 10.6 Å². The minimum atomic E-state index is -0.548. The van der Waals surface area contributed by atoms with E-state index in [0.717, 1.165) is 11.1 Å². The van der Waals surface area contributed by atoms with Crippen molar-refractivity contribution < 1.29 is 9.18 Å². The smallest absolute Gasteiger partial charge is 0.255 e. The third-order valence-electron chi connectivity index (χ3n) is 2.81. The Labute approximate surface area is 131 Å². The average molecular weight is 328 g/mol. The fourth-order valence-corrected chi connectivity index (χ4v) is 2.89. The Morgan fingerprint density at radius 1 is 1.52 bits per heavy atom. The molecule has 4 nitrogen and oxygen atoms in total. The number of pyridine rings is 1. The van der Waals surface area contributed by atoms with Crippen molar-refractivity contribution in [3.63, 3.8) is 0 Å². The van der Waals surface area contributed by atoms with Gasteiger partial charge in [0.25, 0.3) is 5.91 Å². The molecule has 0 saturated carbocycles. The van der Waals surface area contributed by atoms with Gasteiger partial charge in [0, 0.05) is 11.4 Å². The van der Waals surface area contributed by atoms with Crippen molar-refractivity contribution >= 4 is 34.7 Å². The van der Waals surface area contributed by atoms with Crippen LogP contribution in [0.2, 0.25) is 4.34 Å². The fourth-order valence-electron chi connectivity index (χ4n) is 1.83. The van der Waals surface area contributed by atoms with Crippen LogP contribution in [0.15, 0.2) is 24.4 Å². The van der Waals surface area contributed by atoms with Crippen LogP contribution in [0.25, 0.3) is 0 Å². The van der Waals surface area contributed by atoms with E-state index < -0.39 is 5.82 Å². The number of amides is 1. The molecule has 0 fully saturated rings. The largest absolute Gasteiger partial charge is 0.370 e. The van der Waals surface area contributed by atoms with Gasteiger partial charge in [-0.3, -0.25) is 4.79 Å². The highest BCUT2D eigenvalue weighted by atomic mass is 35.5. The number of aromatic nitrogens is 1. The van der Waals surface area contributed by atoms with Crippen LogP contribution in [0.5, 0.6) is 0 Å². The molecule has 2 aromatic rings. The Bertz CT molecular complexity index is 647. The summed E-state index contributed by atoms with van der Waals surface area (Å²) < 4.78 is 14.0. The van der Waals surface area contributed by atoms with Gasteiger partial charge in [-0.05, 0) is 32.0 Å². The molecule has 0 spiro atoms. The van der Waals surface area contributed by atoms with E-state index in [4.69, 9.17) is 11.6 Å². The molecule has 0 aromatic carbocycles. The summed E-state index contributed by atoms with van der Waals surface area (Å²) in [5.41, 5.74) is 0.186. The number of carbonyl (C=O) groups excluding carboxylic acids is 1. The van der Waals surface area contributed by atoms with E-state index in [-0.39, 0.29) is 17.5 Å². The van der Waals surface area contributed by atoms with Crippen molar-refractivity contribution in [1.29, 1.82) is 0 Å². The van der Waals surface area contributed by atoms with Gasteiger partial charge in [-0.1, -0.05) is 11.6 Å². The third kappa shape index (κ3) is 3.92. The van der Waals surface area contributed by atoms with Crippen molar-refractivity contribution in [2.75, 3.05) is 11.9 Å². The summed E-state index contributed by atoms with van der Waals surface area (Å²) in [5.74, 6) is -0.559. The van der Waals surface area contributed by atoms with Gasteiger partial charge in [0.05, 0.1) is 22.1 Å². The van der Waals surface area contributed by atoms with Crippen LogP contribution in [0.1, 0.15) is 35.1 Å². The number of hydrogen-bond donors (Lipinski definition) is 2. The number of thiophene rings is 1. The molecule has 2 N–H and O–H groups in total. The second-order valence-electron chi connectivity index (χ2n) is 4.42. The zero-order chi connectivity index (χ0) is 15.4. The number of nitrogens with one attached hydrogen (secondary N) is 2. The zero-order valence-corrected chi connectivity index (χ0v) is 13.2. The predicted octanol–water partition coefficient (Wildman–Crippen LogP) is 3.86. The number of anilines is 1. The Kier molecular flexibility index (Phi) is 5.14. The van der Waals surface area contributed by atoms with Gasteiger partial charge in [-0.25, -0.2) is 9.37 Å². The number of halogens is 2. The third-order valence-corrected chi connectivity index (χ3v) is 4.23. The van der Waals surface area contributed by atoms with Gasteiger partial charge in [0.15, 0.2) is 0 Å². The van der Waals surface area contributed by atoms with Crippen LogP contribution < -0.4 is 10.6 Å². The number of hydrogen-bond acceptors (Lipinski definition) is 4. The first-order chi connectivity index (χ1) is 10.0. The number of carbonyl (C=O) groups is 1. The quantitative estimate of drug-likeness (QED) is 0.876. The Hall–Kier alpha value is -1.66. The molecule has 0 aliphatic heterocycles. The van der Waals surface area contributed by atoms with Gasteiger partial charge in [-0.15, -0.1) is 11.3 Å². The lowest BCUT2D eigenvalue weighted by Crippen LogP contribution is -2.27. The first kappa shape index (κ1) is 15.7. The monoisotopic (exact) mass is 327 g/mol. The molecule has 1 amide bonds. The first-order valence-electron chi connectivity index (χ1n) is 6.46. The maximum absolute atomic E-state index is 13.3. The zero-order valence-electron chi connectivity index (χ0n) is 11.6. The minimum absolute atomic E-state index is 0.186. The molecule has 0 aliphatic carbocycles. The standard InChI is InChI=1S/C14H15ClFN3OS/c1-3-17-13-10(6-9(16)7-18-13)14(20)19-8(2)11-4-5-12(15)21-11/h4-8H,3H2,1-2H3,(H,17,18)(H,19,20). The van der Waals surface area contributed by atoms with E-state index >= 15 is 0 Å². The lowest BCUT2D eigenvalue weighted by atomic mass is 10.2. The summed E-state index contributed by atoms with van der Waals surface area (Å²) in [6.45, 7) is 4.32. The van der Waals surface area contributed by atoms with Crippen molar-refractivity contribution in [2.45, 2.75) is 19.9 Å². The van der Waals surface area contributed by atoms with E-state index in [2.05, 4.69) is 15.6 Å². The molecule has 1 unspecified atom stereocenters. The van der Waals surface area contributed by atoms with Gasteiger partial charge in [-0.2, -0.15) is 0 Å². The van der Waals surface area contributed by atoms with Crippen LogP contribution in [0.4, 0.5) is 10.2 Å². The van der Waals surface area contributed by atoms with Crippen molar-refractivity contribution in [2.24, 2.45) is 0 Å². The highest BCUT2D eigenvalue weighted by molar-refractivity contribution is 7.16. The van der Waals surface area contributed by atoms with Crippen LogP contribution in [-0.4, -0.2) is 17.4 Å². The van der Waals surface area contributed by atoms with Crippen molar-refractivity contribution in [1.82, 2.24) is 10.3 Å². The van der Waals surface area contributed by atoms with Gasteiger partial charge >= 0.3 is 0 Å². The van der Waals surface area contributed by atoms with Gasteiger partial charge in [0.1, 0.15) is 11.6 Å². The average Bonchev–Trinajstić information content (AvgIpc) is 2.87. The van der Waals surface area contributed by atoms with Crippen LogP contribution >= 0.6 is 22.9 Å². The molecule has 0 aliphatic rings. The molecule has 2 heterocycles. The molecule has 2 aromatic heterocycles. The Morgan fingerprint density at radius 2 is 2.29 bits per heavy atom. The summed E-state index contributed by atoms with van der Waals surface area (Å²) in [4.78, 5) is 17.1. The van der Waals surface area contributed by atoms with E-state index in [0.29, 0.717) is 16.7 Å². The summed E-state index contributed by atoms with van der Waals surface area (Å²) in [6.07, 6.45) is 1.08. The second-order valence-corrected chi connectivity index (χ2v) is 6.16. The SMILES string of the molecule is CCNc1ncc(F)cc1C(=O)NC(C)c1ccc(Cl)s1. The van der Waals surface area contributed by atoms with Crippen LogP contribution in [-0.2, 0) is 0 Å². The van der Waals surface area contributed by atoms with E-state index in [1.165, 1.54) is 17.4 Å². The topological polar surface area (TPSA) is 54.0 Å². The van der Waals surface area contributed by atoms with Gasteiger partial charge in [0.2, 0.25) is 0 Å². The van der Waals surface area contributed by atoms with E-state index in [1.807, 2.05) is 19.9 Å². The van der Waals surface area contributed by atoms with Crippen molar-refractivity contribution in [3.05, 3.63) is 45.0 Å². The lowest BCUT2D eigenvalue weighted by Gasteiger charge is -2.14. The second kappa shape index (κ2) is 6.87. The molecular weight excluding hydrogens is 313 g/mol. The molecule has 21 heavy (non-hydrogen) atoms. The van der Waals surface area contributed by atoms with Crippen LogP contribution in [0, 0.1) is 5.82 Å². The van der Waals surface area contributed by atoms with E-state index in [1.54, 1.807) is 6.07 Å². The maximum atomic E-state index is 13.3. The Balaban J connectivity index is 2.18. The highest BCUT2D eigenvalue weighted by Crippen LogP contribution is 2.27. The molecule has 0 radical (unpaired) electrons. The summed E-state index contributed by atoms with van der Waals surface area (Å²) in [5, 5.41) is 5.76. The summed E-state index contributed by atoms with van der Waals surface area (Å²) >= 11 is 7.28. The van der Waals surface area contributed by atoms with Crippen molar-refractivity contribution in [3.8, 4) is 0 Å². The molecule has 2 rings (SSSR count). The Morgan fingerprint density at radius 3 is 2.90 bits per heavy atom.